The van der Waals surface area contributed by atoms with Crippen LogP contribution < -0.4 is 20.5 Å². The van der Waals surface area contributed by atoms with Crippen LogP contribution in [-0.4, -0.2) is 40.0 Å². The lowest BCUT2D eigenvalue weighted by Crippen LogP contribution is -2.18. The predicted octanol–water partition coefficient (Wildman–Crippen LogP) is 5.22. The molecule has 0 aliphatic rings. The summed E-state index contributed by atoms with van der Waals surface area (Å²) >= 11 is 0. The first-order chi connectivity index (χ1) is 17.4. The first kappa shape index (κ1) is 27.1. The minimum atomic E-state index is -1.11. The van der Waals surface area contributed by atoms with Crippen LogP contribution in [0.2, 0.25) is 0 Å². The number of nitrogens with two attached hydrogens (primary N) is 1. The zero-order valence-electron chi connectivity index (χ0n) is 21.4. The van der Waals surface area contributed by atoms with Gasteiger partial charge in [0, 0.05) is 22.4 Å². The van der Waals surface area contributed by atoms with Crippen molar-refractivity contribution in [3.63, 3.8) is 0 Å². The van der Waals surface area contributed by atoms with Crippen LogP contribution in [0.5, 0.6) is 17.2 Å². The monoisotopic (exact) mass is 505 g/mol. The Morgan fingerprint density at radius 3 is 1.97 bits per heavy atom. The van der Waals surface area contributed by atoms with E-state index in [4.69, 9.17) is 20.6 Å². The summed E-state index contributed by atoms with van der Waals surface area (Å²) in [5.74, 6) is -1.97. The van der Waals surface area contributed by atoms with E-state index in [2.05, 4.69) is 5.32 Å². The van der Waals surface area contributed by atoms with Crippen molar-refractivity contribution in [1.82, 2.24) is 0 Å². The second-order valence-electron chi connectivity index (χ2n) is 9.04. The normalized spacial score (nSPS) is 10.9. The molecule has 194 valence electrons. The van der Waals surface area contributed by atoms with Crippen LogP contribution in [0.3, 0.4) is 0 Å². The third-order valence-electron chi connectivity index (χ3n) is 5.44. The topological polar surface area (TPSA) is 155 Å². The van der Waals surface area contributed by atoms with Gasteiger partial charge >= 0.3 is 5.97 Å². The van der Waals surface area contributed by atoms with E-state index < -0.39 is 17.6 Å². The number of carbonyl (C=O) groups excluding carboxylic acids is 1. The Labute approximate surface area is 215 Å². The molecule has 0 aliphatic heterocycles. The first-order valence-corrected chi connectivity index (χ1v) is 11.7. The van der Waals surface area contributed by atoms with Gasteiger partial charge in [0.25, 0.3) is 5.91 Å². The van der Waals surface area contributed by atoms with Crippen molar-refractivity contribution >= 4 is 29.0 Å². The van der Waals surface area contributed by atoms with E-state index >= 15 is 0 Å². The molecule has 0 aromatic heterocycles. The minimum absolute atomic E-state index is 0.000495. The van der Waals surface area contributed by atoms with E-state index in [0.29, 0.717) is 22.4 Å². The quantitative estimate of drug-likeness (QED) is 0.197. The number of carboxylic acids is 1. The maximum absolute atomic E-state index is 13.3. The SMILES string of the molecule is Cc1c(C(=O)O)ccc(NC(=O)c2ccc(C(=N)c3ccc(N)cc3)c(OC(C)C)c2O)c1OC(C)C. The van der Waals surface area contributed by atoms with Crippen LogP contribution >= 0.6 is 0 Å². The van der Waals surface area contributed by atoms with E-state index in [-0.39, 0.29) is 46.2 Å². The molecule has 1 amide bonds. The molecule has 0 spiro atoms. The number of carboxylic acid groups (broad SMARTS) is 1. The van der Waals surface area contributed by atoms with E-state index in [1.165, 1.54) is 24.3 Å². The lowest BCUT2D eigenvalue weighted by atomic mass is 9.98. The molecule has 0 bridgehead atoms. The molecule has 0 fully saturated rings. The highest BCUT2D eigenvalue weighted by Gasteiger charge is 2.24. The lowest BCUT2D eigenvalue weighted by Gasteiger charge is -2.20. The number of aromatic carboxylic acids is 1. The van der Waals surface area contributed by atoms with E-state index in [9.17, 15) is 19.8 Å². The fraction of sp³-hybridized carbons (Fsp3) is 0.250. The van der Waals surface area contributed by atoms with Crippen molar-refractivity contribution < 1.29 is 29.3 Å². The third kappa shape index (κ3) is 6.00. The maximum atomic E-state index is 13.3. The summed E-state index contributed by atoms with van der Waals surface area (Å²) in [7, 11) is 0. The number of nitrogen functional groups attached to an aromatic ring is 1. The zero-order chi connectivity index (χ0) is 27.4. The Hall–Kier alpha value is -4.53. The number of carbonyl (C=O) groups is 2. The Bertz CT molecular complexity index is 1350. The van der Waals surface area contributed by atoms with Crippen LogP contribution in [0, 0.1) is 12.3 Å². The highest BCUT2D eigenvalue weighted by Crippen LogP contribution is 2.38. The zero-order valence-corrected chi connectivity index (χ0v) is 21.4. The van der Waals surface area contributed by atoms with Crippen molar-refractivity contribution in [2.45, 2.75) is 46.8 Å². The number of rotatable bonds is 9. The molecular weight excluding hydrogens is 474 g/mol. The Morgan fingerprint density at radius 2 is 1.41 bits per heavy atom. The fourth-order valence-electron chi connectivity index (χ4n) is 3.71. The number of hydrogen-bond donors (Lipinski definition) is 5. The number of aromatic hydroxyl groups is 1. The van der Waals surface area contributed by atoms with Gasteiger partial charge in [-0.3, -0.25) is 10.2 Å². The van der Waals surface area contributed by atoms with E-state index in [0.717, 1.165) is 0 Å². The fourth-order valence-corrected chi connectivity index (χ4v) is 3.71. The summed E-state index contributed by atoms with van der Waals surface area (Å²) in [4.78, 5) is 24.8. The number of anilines is 2. The second-order valence-corrected chi connectivity index (χ2v) is 9.04. The molecule has 9 nitrogen and oxygen atoms in total. The molecule has 37 heavy (non-hydrogen) atoms. The van der Waals surface area contributed by atoms with Gasteiger partial charge in [-0.1, -0.05) is 12.1 Å². The van der Waals surface area contributed by atoms with Crippen molar-refractivity contribution in [2.75, 3.05) is 11.1 Å². The molecule has 0 unspecified atom stereocenters. The van der Waals surface area contributed by atoms with Crippen LogP contribution in [0.25, 0.3) is 0 Å². The number of nitrogens with one attached hydrogen (secondary N) is 2. The number of hydrogen-bond acceptors (Lipinski definition) is 7. The molecule has 0 aliphatic carbocycles. The molecule has 3 aromatic carbocycles. The van der Waals surface area contributed by atoms with Gasteiger partial charge in [-0.05, 0) is 71.0 Å². The summed E-state index contributed by atoms with van der Waals surface area (Å²) in [5, 5.41) is 31.9. The number of phenols is 1. The van der Waals surface area contributed by atoms with E-state index in [1.807, 2.05) is 0 Å². The smallest absolute Gasteiger partial charge is 0.336 e. The van der Waals surface area contributed by atoms with Gasteiger partial charge in [-0.2, -0.15) is 0 Å². The van der Waals surface area contributed by atoms with Crippen LogP contribution in [0.15, 0.2) is 48.5 Å². The average Bonchev–Trinajstić information content (AvgIpc) is 2.82. The molecule has 3 rings (SSSR count). The highest BCUT2D eigenvalue weighted by molar-refractivity contribution is 6.15. The van der Waals surface area contributed by atoms with Gasteiger partial charge < -0.3 is 30.7 Å². The number of ether oxygens (including phenoxy) is 2. The molecule has 0 atom stereocenters. The van der Waals surface area contributed by atoms with Gasteiger partial charge in [-0.25, -0.2) is 4.79 Å². The van der Waals surface area contributed by atoms with Gasteiger partial charge in [0.05, 0.1) is 34.7 Å². The van der Waals surface area contributed by atoms with Crippen LogP contribution in [-0.2, 0) is 0 Å². The minimum Gasteiger partial charge on any atom is -0.504 e. The van der Waals surface area contributed by atoms with Crippen LogP contribution in [0.1, 0.15) is 65.1 Å². The average molecular weight is 506 g/mol. The summed E-state index contributed by atoms with van der Waals surface area (Å²) in [6.45, 7) is 8.71. The summed E-state index contributed by atoms with van der Waals surface area (Å²) in [6, 6.07) is 12.5. The number of phenolic OH excluding ortho intramolecular Hbond substituents is 1. The maximum Gasteiger partial charge on any atom is 0.336 e. The van der Waals surface area contributed by atoms with E-state index in [1.54, 1.807) is 58.9 Å². The van der Waals surface area contributed by atoms with Gasteiger partial charge in [0.1, 0.15) is 5.75 Å². The molecule has 0 heterocycles. The van der Waals surface area contributed by atoms with Gasteiger partial charge in [0.2, 0.25) is 0 Å². The van der Waals surface area contributed by atoms with Gasteiger partial charge in [-0.15, -0.1) is 0 Å². The second kappa shape index (κ2) is 11.0. The summed E-state index contributed by atoms with van der Waals surface area (Å²) in [6.07, 6.45) is -0.629. The Kier molecular flexibility index (Phi) is 8.07. The van der Waals surface area contributed by atoms with Gasteiger partial charge in [0.15, 0.2) is 11.5 Å². The number of amides is 1. The molecule has 0 saturated heterocycles. The Balaban J connectivity index is 2.04. The standard InChI is InChI=1S/C28H31N3O6/c1-14(2)36-25-16(5)19(28(34)35)12-13-22(25)31-27(33)21-11-10-20(26(24(21)32)37-15(3)4)23(30)17-6-8-18(29)9-7-17/h6-15,30,32H,29H2,1-5H3,(H,31,33)(H,34,35). The number of benzene rings is 3. The van der Waals surface area contributed by atoms with Crippen molar-refractivity contribution in [3.05, 3.63) is 76.3 Å². The Morgan fingerprint density at radius 1 is 0.865 bits per heavy atom. The summed E-state index contributed by atoms with van der Waals surface area (Å²) < 4.78 is 11.7. The highest BCUT2D eigenvalue weighted by atomic mass is 16.5. The molecule has 0 radical (unpaired) electrons. The lowest BCUT2D eigenvalue weighted by molar-refractivity contribution is 0.0695. The molecule has 0 saturated carbocycles. The van der Waals surface area contributed by atoms with Crippen molar-refractivity contribution in [3.8, 4) is 17.2 Å². The molecular formula is C28H31N3O6. The van der Waals surface area contributed by atoms with Crippen molar-refractivity contribution in [2.24, 2.45) is 0 Å². The molecule has 6 N–H and O–H groups in total. The third-order valence-corrected chi connectivity index (χ3v) is 5.44. The molecule has 9 heteroatoms. The van der Waals surface area contributed by atoms with Crippen LogP contribution in [0.4, 0.5) is 11.4 Å². The predicted molar refractivity (Wildman–Crippen MR) is 143 cm³/mol. The van der Waals surface area contributed by atoms with Crippen molar-refractivity contribution in [1.29, 1.82) is 5.41 Å². The first-order valence-electron chi connectivity index (χ1n) is 11.7. The molecule has 3 aromatic rings. The summed E-state index contributed by atoms with van der Waals surface area (Å²) in [5.41, 5.74) is 7.84. The largest absolute Gasteiger partial charge is 0.504 e.